The molecular formula is C21H30N4O3. The van der Waals surface area contributed by atoms with Crippen LogP contribution in [0.2, 0.25) is 0 Å². The number of aliphatic imine (C=N–C) groups is 1. The normalized spacial score (nSPS) is 11.3. The average Bonchev–Trinajstić information content (AvgIpc) is 2.75. The van der Waals surface area contributed by atoms with E-state index in [4.69, 9.17) is 14.2 Å². The average molecular weight is 386 g/mol. The topological polar surface area (TPSA) is 77.0 Å². The summed E-state index contributed by atoms with van der Waals surface area (Å²) in [7, 11) is 3.42. The summed E-state index contributed by atoms with van der Waals surface area (Å²) in [6.45, 7) is 3.86. The Morgan fingerprint density at radius 1 is 1.04 bits per heavy atom. The zero-order valence-electron chi connectivity index (χ0n) is 16.7. The Labute approximate surface area is 167 Å². The molecule has 0 saturated heterocycles. The highest BCUT2D eigenvalue weighted by Crippen LogP contribution is 2.11. The first-order valence-corrected chi connectivity index (χ1v) is 9.44. The maximum atomic E-state index is 5.78. The lowest BCUT2D eigenvalue weighted by Crippen LogP contribution is -2.37. The zero-order valence-corrected chi connectivity index (χ0v) is 16.7. The number of rotatable bonds is 12. The summed E-state index contributed by atoms with van der Waals surface area (Å²) in [6, 6.07) is 13.9. The minimum atomic E-state index is 0.500. The van der Waals surface area contributed by atoms with Crippen molar-refractivity contribution in [2.45, 2.75) is 19.6 Å². The Morgan fingerprint density at radius 3 is 2.68 bits per heavy atom. The van der Waals surface area contributed by atoms with Gasteiger partial charge in [-0.2, -0.15) is 0 Å². The number of methoxy groups -OCH3 is 1. The molecule has 0 aliphatic heterocycles. The van der Waals surface area contributed by atoms with Crippen LogP contribution in [0.15, 0.2) is 53.7 Å². The summed E-state index contributed by atoms with van der Waals surface area (Å²) >= 11 is 0. The first-order valence-electron chi connectivity index (χ1n) is 9.44. The largest absolute Gasteiger partial charge is 0.473 e. The molecule has 2 aromatic rings. The van der Waals surface area contributed by atoms with Gasteiger partial charge in [-0.1, -0.05) is 30.3 Å². The monoisotopic (exact) mass is 386 g/mol. The fourth-order valence-corrected chi connectivity index (χ4v) is 2.40. The SMILES string of the molecule is CN=C(NCCCOCCOC)NCc1ccnc(OCc2ccccc2)c1. The lowest BCUT2D eigenvalue weighted by molar-refractivity contribution is 0.0698. The lowest BCUT2D eigenvalue weighted by atomic mass is 10.2. The van der Waals surface area contributed by atoms with E-state index in [1.165, 1.54) is 0 Å². The van der Waals surface area contributed by atoms with Crippen molar-refractivity contribution in [2.24, 2.45) is 4.99 Å². The van der Waals surface area contributed by atoms with Crippen molar-refractivity contribution in [1.82, 2.24) is 15.6 Å². The quantitative estimate of drug-likeness (QED) is 0.331. The minimum absolute atomic E-state index is 0.500. The number of benzene rings is 1. The molecule has 2 N–H and O–H groups in total. The van der Waals surface area contributed by atoms with Crippen molar-refractivity contribution in [3.05, 3.63) is 59.8 Å². The Morgan fingerprint density at radius 2 is 1.89 bits per heavy atom. The minimum Gasteiger partial charge on any atom is -0.473 e. The zero-order chi connectivity index (χ0) is 19.9. The van der Waals surface area contributed by atoms with E-state index >= 15 is 0 Å². The molecule has 152 valence electrons. The molecule has 7 heteroatoms. The molecule has 0 radical (unpaired) electrons. The highest BCUT2D eigenvalue weighted by Gasteiger charge is 2.02. The molecular weight excluding hydrogens is 356 g/mol. The van der Waals surface area contributed by atoms with Gasteiger partial charge in [-0.05, 0) is 23.6 Å². The van der Waals surface area contributed by atoms with Crippen LogP contribution in [0, 0.1) is 0 Å². The molecule has 0 fully saturated rings. The van der Waals surface area contributed by atoms with E-state index in [0.717, 1.165) is 30.1 Å². The van der Waals surface area contributed by atoms with Crippen molar-refractivity contribution >= 4 is 5.96 Å². The van der Waals surface area contributed by atoms with E-state index in [1.807, 2.05) is 42.5 Å². The predicted octanol–water partition coefficient (Wildman–Crippen LogP) is 2.38. The van der Waals surface area contributed by atoms with E-state index < -0.39 is 0 Å². The predicted molar refractivity (Wildman–Crippen MR) is 111 cm³/mol. The van der Waals surface area contributed by atoms with Crippen LogP contribution in [0.5, 0.6) is 5.88 Å². The van der Waals surface area contributed by atoms with Gasteiger partial charge < -0.3 is 24.8 Å². The van der Waals surface area contributed by atoms with Gasteiger partial charge in [-0.25, -0.2) is 4.98 Å². The number of aromatic nitrogens is 1. The van der Waals surface area contributed by atoms with Gasteiger partial charge in [0.2, 0.25) is 5.88 Å². The molecule has 2 rings (SSSR count). The number of nitrogens with one attached hydrogen (secondary N) is 2. The third kappa shape index (κ3) is 8.83. The molecule has 1 heterocycles. The lowest BCUT2D eigenvalue weighted by Gasteiger charge is -2.12. The number of hydrogen-bond donors (Lipinski definition) is 2. The van der Waals surface area contributed by atoms with Crippen LogP contribution in [0.25, 0.3) is 0 Å². The number of hydrogen-bond acceptors (Lipinski definition) is 5. The number of guanidine groups is 1. The molecule has 0 bridgehead atoms. The number of pyridine rings is 1. The molecule has 0 unspecified atom stereocenters. The number of ether oxygens (including phenoxy) is 3. The highest BCUT2D eigenvalue weighted by atomic mass is 16.5. The van der Waals surface area contributed by atoms with Crippen LogP contribution in [-0.4, -0.2) is 51.5 Å². The molecule has 0 saturated carbocycles. The van der Waals surface area contributed by atoms with Crippen LogP contribution in [0.3, 0.4) is 0 Å². The molecule has 0 aliphatic rings. The third-order valence-electron chi connectivity index (χ3n) is 3.90. The molecule has 28 heavy (non-hydrogen) atoms. The Hall–Kier alpha value is -2.64. The maximum absolute atomic E-state index is 5.78. The standard InChI is InChI=1S/C21H30N4O3/c1-22-21(24-10-6-12-27-14-13-26-2)25-16-19-9-11-23-20(15-19)28-17-18-7-4-3-5-8-18/h3-5,7-9,11,15H,6,10,12-14,16-17H2,1-2H3,(H2,22,24,25). The van der Waals surface area contributed by atoms with Crippen molar-refractivity contribution < 1.29 is 14.2 Å². The summed E-state index contributed by atoms with van der Waals surface area (Å²) in [5, 5.41) is 6.57. The van der Waals surface area contributed by atoms with Crippen LogP contribution in [0.1, 0.15) is 17.5 Å². The van der Waals surface area contributed by atoms with Crippen molar-refractivity contribution in [3.8, 4) is 5.88 Å². The third-order valence-corrected chi connectivity index (χ3v) is 3.90. The van der Waals surface area contributed by atoms with Gasteiger partial charge >= 0.3 is 0 Å². The summed E-state index contributed by atoms with van der Waals surface area (Å²) in [5.41, 5.74) is 2.19. The van der Waals surface area contributed by atoms with Crippen LogP contribution >= 0.6 is 0 Å². The van der Waals surface area contributed by atoms with E-state index in [0.29, 0.717) is 38.9 Å². The first kappa shape index (κ1) is 21.7. The second-order valence-corrected chi connectivity index (χ2v) is 6.09. The fraction of sp³-hybridized carbons (Fsp3) is 0.429. The van der Waals surface area contributed by atoms with Gasteiger partial charge in [-0.3, -0.25) is 4.99 Å². The van der Waals surface area contributed by atoms with Gasteiger partial charge in [0, 0.05) is 46.1 Å². The number of nitrogens with zero attached hydrogens (tertiary/aromatic N) is 2. The van der Waals surface area contributed by atoms with Gasteiger partial charge in [0.1, 0.15) is 6.61 Å². The molecule has 0 aliphatic carbocycles. The Bertz CT molecular complexity index is 695. The first-order chi connectivity index (χ1) is 13.8. The second-order valence-electron chi connectivity index (χ2n) is 6.09. The van der Waals surface area contributed by atoms with Crippen molar-refractivity contribution in [2.75, 3.05) is 40.5 Å². The van der Waals surface area contributed by atoms with Crippen molar-refractivity contribution in [1.29, 1.82) is 0 Å². The van der Waals surface area contributed by atoms with E-state index in [1.54, 1.807) is 20.4 Å². The fourth-order valence-electron chi connectivity index (χ4n) is 2.40. The van der Waals surface area contributed by atoms with Gasteiger partial charge in [-0.15, -0.1) is 0 Å². The molecule has 1 aromatic carbocycles. The van der Waals surface area contributed by atoms with Crippen molar-refractivity contribution in [3.63, 3.8) is 0 Å². The van der Waals surface area contributed by atoms with Crippen LogP contribution < -0.4 is 15.4 Å². The summed E-state index contributed by atoms with van der Waals surface area (Å²) in [6.07, 6.45) is 2.65. The molecule has 1 aromatic heterocycles. The van der Waals surface area contributed by atoms with Gasteiger partial charge in [0.15, 0.2) is 5.96 Å². The molecule has 0 spiro atoms. The van der Waals surface area contributed by atoms with Crippen LogP contribution in [0.4, 0.5) is 0 Å². The summed E-state index contributed by atoms with van der Waals surface area (Å²) in [5.74, 6) is 1.36. The Kier molecular flexibility index (Phi) is 10.5. The maximum Gasteiger partial charge on any atom is 0.213 e. The molecule has 0 atom stereocenters. The highest BCUT2D eigenvalue weighted by molar-refractivity contribution is 5.79. The van der Waals surface area contributed by atoms with Gasteiger partial charge in [0.25, 0.3) is 0 Å². The van der Waals surface area contributed by atoms with E-state index in [-0.39, 0.29) is 0 Å². The van der Waals surface area contributed by atoms with E-state index in [9.17, 15) is 0 Å². The second kappa shape index (κ2) is 13.5. The molecule has 0 amide bonds. The Balaban J connectivity index is 1.69. The van der Waals surface area contributed by atoms with Gasteiger partial charge in [0.05, 0.1) is 13.2 Å². The summed E-state index contributed by atoms with van der Waals surface area (Å²) in [4.78, 5) is 8.51. The van der Waals surface area contributed by atoms with Crippen LogP contribution in [-0.2, 0) is 22.6 Å². The summed E-state index contributed by atoms with van der Waals surface area (Å²) < 4.78 is 16.2. The van der Waals surface area contributed by atoms with E-state index in [2.05, 4.69) is 20.6 Å². The molecule has 7 nitrogen and oxygen atoms in total. The smallest absolute Gasteiger partial charge is 0.213 e.